The molecule has 116 valence electrons. The van der Waals surface area contributed by atoms with Gasteiger partial charge in [-0.3, -0.25) is 0 Å². The van der Waals surface area contributed by atoms with Crippen molar-refractivity contribution < 1.29 is 13.9 Å². The number of benzene rings is 1. The van der Waals surface area contributed by atoms with Gasteiger partial charge >= 0.3 is 0 Å². The number of aromatic amines is 1. The first-order valence-corrected chi connectivity index (χ1v) is 7.95. The van der Waals surface area contributed by atoms with E-state index in [0.717, 1.165) is 35.4 Å². The monoisotopic (exact) mass is 309 g/mol. The number of hydrogen-bond acceptors (Lipinski definition) is 4. The average molecular weight is 309 g/mol. The largest absolute Gasteiger partial charge is 0.491 e. The van der Waals surface area contributed by atoms with E-state index in [4.69, 9.17) is 26.1 Å². The molecule has 1 aromatic heterocycles. The molecule has 1 heterocycles. The Morgan fingerprint density at radius 3 is 2.81 bits per heavy atom. The van der Waals surface area contributed by atoms with Crippen molar-refractivity contribution in [3.63, 3.8) is 0 Å². The third-order valence-electron chi connectivity index (χ3n) is 3.34. The van der Waals surface area contributed by atoms with Crippen molar-refractivity contribution >= 4 is 23.3 Å². The molecule has 2 rings (SSSR count). The number of aryl methyl sites for hydroxylation is 1. The van der Waals surface area contributed by atoms with Crippen molar-refractivity contribution in [2.75, 3.05) is 19.8 Å². The van der Waals surface area contributed by atoms with Crippen LogP contribution in [-0.2, 0) is 4.74 Å². The molecule has 0 saturated heterocycles. The van der Waals surface area contributed by atoms with E-state index in [9.17, 15) is 0 Å². The van der Waals surface area contributed by atoms with Crippen molar-refractivity contribution in [3.8, 4) is 5.75 Å². The molecule has 1 N–H and O–H groups in total. The van der Waals surface area contributed by atoms with Gasteiger partial charge in [-0.25, -0.2) is 0 Å². The predicted octanol–water partition coefficient (Wildman–Crippen LogP) is 4.77. The van der Waals surface area contributed by atoms with E-state index >= 15 is 0 Å². The Hall–Kier alpha value is -1.33. The van der Waals surface area contributed by atoms with Crippen LogP contribution in [0.4, 0.5) is 0 Å². The van der Waals surface area contributed by atoms with Gasteiger partial charge in [-0.05, 0) is 37.2 Å². The van der Waals surface area contributed by atoms with Gasteiger partial charge in [0.1, 0.15) is 12.4 Å². The summed E-state index contributed by atoms with van der Waals surface area (Å²) in [5.41, 5.74) is 2.65. The highest BCUT2D eigenvalue weighted by atomic mass is 32.1. The van der Waals surface area contributed by atoms with Crippen molar-refractivity contribution in [3.05, 3.63) is 22.5 Å². The zero-order chi connectivity index (χ0) is 15.1. The third-order valence-corrected chi connectivity index (χ3v) is 3.53. The summed E-state index contributed by atoms with van der Waals surface area (Å²) in [6.07, 6.45) is 4.91. The van der Waals surface area contributed by atoms with Crippen LogP contribution < -0.4 is 4.74 Å². The molecule has 4 nitrogen and oxygen atoms in total. The molecule has 0 aliphatic carbocycles. The van der Waals surface area contributed by atoms with Crippen molar-refractivity contribution in [1.29, 1.82) is 0 Å². The summed E-state index contributed by atoms with van der Waals surface area (Å²) in [4.78, 5) is 3.38. The van der Waals surface area contributed by atoms with Crippen LogP contribution in [0.5, 0.6) is 5.75 Å². The van der Waals surface area contributed by atoms with E-state index in [1.807, 2.05) is 19.1 Å². The van der Waals surface area contributed by atoms with E-state index in [0.29, 0.717) is 18.1 Å². The van der Waals surface area contributed by atoms with Crippen LogP contribution in [0.3, 0.4) is 0 Å². The van der Waals surface area contributed by atoms with Crippen LogP contribution in [0.25, 0.3) is 11.1 Å². The van der Waals surface area contributed by atoms with Crippen molar-refractivity contribution in [1.82, 2.24) is 4.98 Å². The minimum Gasteiger partial charge on any atom is -0.491 e. The van der Waals surface area contributed by atoms with Crippen LogP contribution in [0.2, 0.25) is 0 Å². The predicted molar refractivity (Wildman–Crippen MR) is 86.6 cm³/mol. The van der Waals surface area contributed by atoms with Crippen LogP contribution in [-0.4, -0.2) is 24.8 Å². The van der Waals surface area contributed by atoms with Gasteiger partial charge in [0.15, 0.2) is 5.58 Å². The molecular formula is C16H23NO3S. The van der Waals surface area contributed by atoms with Gasteiger partial charge < -0.3 is 18.9 Å². The molecule has 21 heavy (non-hydrogen) atoms. The highest BCUT2D eigenvalue weighted by Gasteiger charge is 2.06. The highest BCUT2D eigenvalue weighted by molar-refractivity contribution is 7.71. The standard InChI is InChI=1S/C16H23NO3S/c1-3-4-5-6-7-18-8-9-19-14-11-13-15(10-12(14)2)20-16(21)17-13/h10-11H,3-9H2,1-2H3,(H,17,21). The van der Waals surface area contributed by atoms with Gasteiger partial charge in [0.2, 0.25) is 0 Å². The molecule has 5 heteroatoms. The second-order valence-electron chi connectivity index (χ2n) is 5.15. The first-order chi connectivity index (χ1) is 10.2. The molecule has 0 saturated carbocycles. The van der Waals surface area contributed by atoms with Gasteiger partial charge in [-0.1, -0.05) is 26.2 Å². The van der Waals surface area contributed by atoms with E-state index in [-0.39, 0.29) is 0 Å². The van der Waals surface area contributed by atoms with E-state index in [2.05, 4.69) is 11.9 Å². The Labute approximate surface area is 130 Å². The molecular weight excluding hydrogens is 286 g/mol. The molecule has 0 amide bonds. The molecule has 0 fully saturated rings. The smallest absolute Gasteiger partial charge is 0.266 e. The molecule has 0 bridgehead atoms. The first kappa shape index (κ1) is 16.0. The minimum atomic E-state index is 0.386. The molecule has 0 radical (unpaired) electrons. The fourth-order valence-electron chi connectivity index (χ4n) is 2.18. The molecule has 0 unspecified atom stereocenters. The van der Waals surface area contributed by atoms with Gasteiger partial charge in [0.25, 0.3) is 4.84 Å². The molecule has 1 aromatic carbocycles. The van der Waals surface area contributed by atoms with E-state index in [1.165, 1.54) is 19.3 Å². The fourth-order valence-corrected chi connectivity index (χ4v) is 2.38. The van der Waals surface area contributed by atoms with Crippen molar-refractivity contribution in [2.45, 2.75) is 39.5 Å². The van der Waals surface area contributed by atoms with Crippen LogP contribution >= 0.6 is 12.2 Å². The Kier molecular flexibility index (Phi) is 6.26. The Morgan fingerprint density at radius 1 is 1.14 bits per heavy atom. The summed E-state index contributed by atoms with van der Waals surface area (Å²) in [6, 6.07) is 3.85. The maximum atomic E-state index is 5.76. The number of nitrogens with one attached hydrogen (secondary N) is 1. The number of H-pyrrole nitrogens is 1. The molecule has 2 aromatic rings. The molecule has 0 aliphatic heterocycles. The lowest BCUT2D eigenvalue weighted by Gasteiger charge is -2.09. The zero-order valence-corrected chi connectivity index (χ0v) is 13.6. The van der Waals surface area contributed by atoms with Crippen LogP contribution in [0.15, 0.2) is 16.5 Å². The number of hydrogen-bond donors (Lipinski definition) is 1. The zero-order valence-electron chi connectivity index (χ0n) is 12.7. The van der Waals surface area contributed by atoms with E-state index in [1.54, 1.807) is 0 Å². The second kappa shape index (κ2) is 8.20. The Morgan fingerprint density at radius 2 is 2.00 bits per heavy atom. The number of ether oxygens (including phenoxy) is 2. The lowest BCUT2D eigenvalue weighted by Crippen LogP contribution is -2.08. The number of oxazole rings is 1. The summed E-state index contributed by atoms with van der Waals surface area (Å²) in [5, 5.41) is 0. The van der Waals surface area contributed by atoms with Gasteiger partial charge in [0.05, 0.1) is 12.1 Å². The quantitative estimate of drug-likeness (QED) is 0.535. The molecule has 0 aliphatic rings. The molecule has 0 spiro atoms. The maximum Gasteiger partial charge on any atom is 0.266 e. The lowest BCUT2D eigenvalue weighted by atomic mass is 10.2. The SMILES string of the molecule is CCCCCCOCCOc1cc2[nH]c(=S)oc2cc1C. The lowest BCUT2D eigenvalue weighted by molar-refractivity contribution is 0.0969. The van der Waals surface area contributed by atoms with Crippen LogP contribution in [0.1, 0.15) is 38.2 Å². The van der Waals surface area contributed by atoms with Gasteiger partial charge in [-0.2, -0.15) is 0 Å². The third kappa shape index (κ3) is 4.86. The maximum absolute atomic E-state index is 5.76. The highest BCUT2D eigenvalue weighted by Crippen LogP contribution is 2.25. The van der Waals surface area contributed by atoms with Gasteiger partial charge in [-0.15, -0.1) is 0 Å². The fraction of sp³-hybridized carbons (Fsp3) is 0.562. The average Bonchev–Trinajstić information content (AvgIpc) is 2.81. The van der Waals surface area contributed by atoms with E-state index < -0.39 is 0 Å². The minimum absolute atomic E-state index is 0.386. The second-order valence-corrected chi connectivity index (χ2v) is 5.52. The summed E-state index contributed by atoms with van der Waals surface area (Å²) in [6.45, 7) is 6.19. The topological polar surface area (TPSA) is 47.4 Å². The summed E-state index contributed by atoms with van der Waals surface area (Å²) in [5.74, 6) is 0.837. The summed E-state index contributed by atoms with van der Waals surface area (Å²) >= 11 is 4.98. The first-order valence-electron chi connectivity index (χ1n) is 7.54. The van der Waals surface area contributed by atoms with Crippen molar-refractivity contribution in [2.24, 2.45) is 0 Å². The molecule has 0 atom stereocenters. The summed E-state index contributed by atoms with van der Waals surface area (Å²) < 4.78 is 16.7. The number of fused-ring (bicyclic) bond motifs is 1. The Balaban J connectivity index is 1.75. The number of unbranched alkanes of at least 4 members (excludes halogenated alkanes) is 3. The summed E-state index contributed by atoms with van der Waals surface area (Å²) in [7, 11) is 0. The Bertz CT molecular complexity index is 617. The van der Waals surface area contributed by atoms with Gasteiger partial charge in [0, 0.05) is 12.7 Å². The van der Waals surface area contributed by atoms with Crippen LogP contribution in [0, 0.1) is 11.8 Å². The normalized spacial score (nSPS) is 11.1. The number of aromatic nitrogens is 1. The number of rotatable bonds is 9.